The SMILES string of the molecule is CN(C)C(C=C(c1cccnc1)c1cccc(Br)c1)OC(=O)C(=O)OC(C=C(c1cccnc1)c1cccc(Br)c1)N(C)C. The highest BCUT2D eigenvalue weighted by Crippen LogP contribution is 2.28. The molecule has 10 heteroatoms. The molecule has 2 aromatic heterocycles. The lowest BCUT2D eigenvalue weighted by Crippen LogP contribution is -2.38. The van der Waals surface area contributed by atoms with Gasteiger partial charge in [-0.25, -0.2) is 9.59 Å². The molecule has 0 amide bonds. The van der Waals surface area contributed by atoms with E-state index in [9.17, 15) is 9.59 Å². The average Bonchev–Trinajstić information content (AvgIpc) is 3.01. The van der Waals surface area contributed by atoms with Gasteiger partial charge in [-0.2, -0.15) is 0 Å². The predicted octanol–water partition coefficient (Wildman–Crippen LogP) is 6.43. The molecule has 0 aliphatic rings. The second kappa shape index (κ2) is 15.7. The van der Waals surface area contributed by atoms with Crippen LogP contribution in [0, 0.1) is 0 Å². The zero-order chi connectivity index (χ0) is 31.6. The first-order chi connectivity index (χ1) is 21.1. The number of carbonyl (C=O) groups excluding carboxylic acids is 2. The van der Waals surface area contributed by atoms with Crippen molar-refractivity contribution >= 4 is 54.9 Å². The summed E-state index contributed by atoms with van der Waals surface area (Å²) in [5.41, 5.74) is 4.97. The molecule has 0 saturated heterocycles. The lowest BCUT2D eigenvalue weighted by atomic mass is 9.98. The Morgan fingerprint density at radius 3 is 1.34 bits per heavy atom. The van der Waals surface area contributed by atoms with Gasteiger partial charge in [-0.3, -0.25) is 19.8 Å². The van der Waals surface area contributed by atoms with E-state index in [1.54, 1.807) is 74.9 Å². The van der Waals surface area contributed by atoms with Gasteiger partial charge in [0.2, 0.25) is 0 Å². The highest BCUT2D eigenvalue weighted by molar-refractivity contribution is 9.10. The van der Waals surface area contributed by atoms with Crippen molar-refractivity contribution in [1.29, 1.82) is 0 Å². The van der Waals surface area contributed by atoms with Gasteiger partial charge in [0, 0.05) is 44.9 Å². The van der Waals surface area contributed by atoms with Crippen LogP contribution in [0.2, 0.25) is 0 Å². The Hall–Kier alpha value is -3.96. The molecule has 0 aliphatic carbocycles. The fourth-order valence-corrected chi connectivity index (χ4v) is 5.05. The summed E-state index contributed by atoms with van der Waals surface area (Å²) in [5, 5.41) is 0. The molecule has 0 radical (unpaired) electrons. The van der Waals surface area contributed by atoms with E-state index in [-0.39, 0.29) is 0 Å². The van der Waals surface area contributed by atoms with Crippen LogP contribution in [0.25, 0.3) is 11.1 Å². The minimum absolute atomic E-state index is 0.781. The molecular weight excluding hydrogens is 688 g/mol. The van der Waals surface area contributed by atoms with Gasteiger partial charge in [0.1, 0.15) is 0 Å². The van der Waals surface area contributed by atoms with E-state index in [2.05, 4.69) is 41.8 Å². The van der Waals surface area contributed by atoms with Crippen LogP contribution >= 0.6 is 31.9 Å². The Balaban J connectivity index is 1.62. The Bertz CT molecular complexity index is 1520. The van der Waals surface area contributed by atoms with Crippen molar-refractivity contribution in [2.75, 3.05) is 28.2 Å². The molecule has 4 aromatic rings. The van der Waals surface area contributed by atoms with Crippen LogP contribution in [-0.4, -0.2) is 72.4 Å². The topological polar surface area (TPSA) is 84.9 Å². The van der Waals surface area contributed by atoms with Gasteiger partial charge in [-0.1, -0.05) is 68.3 Å². The summed E-state index contributed by atoms with van der Waals surface area (Å²) < 4.78 is 13.2. The zero-order valence-corrected chi connectivity index (χ0v) is 27.9. The van der Waals surface area contributed by atoms with E-state index >= 15 is 0 Å². The molecule has 0 fully saturated rings. The van der Waals surface area contributed by atoms with Crippen molar-refractivity contribution in [2.24, 2.45) is 0 Å². The number of halogens is 2. The van der Waals surface area contributed by atoms with Gasteiger partial charge >= 0.3 is 11.9 Å². The van der Waals surface area contributed by atoms with Gasteiger partial charge in [-0.05, 0) is 99.0 Å². The standard InChI is InChI=1S/C34H32Br2N4O4/c1-39(2)31(19-29(25-11-7-15-37-21-25)23-9-5-13-27(35)17-23)43-33(41)34(42)44-32(40(3)4)20-30(26-12-8-16-38-22-26)24-10-6-14-28(36)18-24/h5-22,31-32H,1-4H3. The molecule has 2 atom stereocenters. The third kappa shape index (κ3) is 9.03. The Morgan fingerprint density at radius 1 is 0.636 bits per heavy atom. The predicted molar refractivity (Wildman–Crippen MR) is 178 cm³/mol. The Kier molecular flexibility index (Phi) is 11.7. The minimum atomic E-state index is -1.12. The Morgan fingerprint density at radius 2 is 1.02 bits per heavy atom. The van der Waals surface area contributed by atoms with Crippen LogP contribution in [0.3, 0.4) is 0 Å². The van der Waals surface area contributed by atoms with Gasteiger partial charge in [-0.15, -0.1) is 0 Å². The Labute approximate surface area is 274 Å². The maximum atomic E-state index is 13.2. The lowest BCUT2D eigenvalue weighted by molar-refractivity contribution is -0.178. The first-order valence-electron chi connectivity index (χ1n) is 13.6. The second-order valence-corrected chi connectivity index (χ2v) is 12.0. The summed E-state index contributed by atoms with van der Waals surface area (Å²) in [7, 11) is 7.02. The van der Waals surface area contributed by atoms with E-state index in [1.165, 1.54) is 0 Å². The van der Waals surface area contributed by atoms with Gasteiger partial charge in [0.05, 0.1) is 0 Å². The number of rotatable bonds is 10. The van der Waals surface area contributed by atoms with Crippen molar-refractivity contribution in [1.82, 2.24) is 19.8 Å². The summed E-state index contributed by atoms with van der Waals surface area (Å²) in [5.74, 6) is -2.24. The molecular formula is C34H32Br2N4O4. The van der Waals surface area contributed by atoms with Crippen molar-refractivity contribution in [3.05, 3.63) is 141 Å². The number of nitrogens with zero attached hydrogens (tertiary/aromatic N) is 4. The molecule has 0 bridgehead atoms. The molecule has 2 heterocycles. The molecule has 2 unspecified atom stereocenters. The van der Waals surface area contributed by atoms with E-state index in [1.807, 2.05) is 72.8 Å². The van der Waals surface area contributed by atoms with E-state index in [0.717, 1.165) is 42.3 Å². The van der Waals surface area contributed by atoms with Crippen LogP contribution in [0.4, 0.5) is 0 Å². The maximum Gasteiger partial charge on any atom is 0.419 e. The van der Waals surface area contributed by atoms with Gasteiger partial charge in [0.25, 0.3) is 0 Å². The summed E-state index contributed by atoms with van der Waals surface area (Å²) in [6.07, 6.45) is 8.63. The third-order valence-corrected chi connectivity index (χ3v) is 7.46. The number of carbonyl (C=O) groups is 2. The monoisotopic (exact) mass is 718 g/mol. The van der Waals surface area contributed by atoms with Crippen LogP contribution in [-0.2, 0) is 19.1 Å². The highest BCUT2D eigenvalue weighted by atomic mass is 79.9. The number of ether oxygens (including phenoxy) is 2. The smallest absolute Gasteiger partial charge is 0.419 e. The maximum absolute atomic E-state index is 13.2. The number of esters is 2. The number of hydrogen-bond acceptors (Lipinski definition) is 8. The van der Waals surface area contributed by atoms with Crippen LogP contribution in [0.15, 0.2) is 119 Å². The number of hydrogen-bond donors (Lipinski definition) is 0. The largest absolute Gasteiger partial charge is 0.434 e. The minimum Gasteiger partial charge on any atom is -0.434 e. The fraction of sp³-hybridized carbons (Fsp3) is 0.176. The van der Waals surface area contributed by atoms with Crippen molar-refractivity contribution < 1.29 is 19.1 Å². The molecule has 0 aliphatic heterocycles. The molecule has 4 rings (SSSR count). The quantitative estimate of drug-likeness (QED) is 0.105. The third-order valence-electron chi connectivity index (χ3n) is 6.47. The van der Waals surface area contributed by atoms with Gasteiger partial charge < -0.3 is 9.47 Å². The van der Waals surface area contributed by atoms with Crippen molar-refractivity contribution in [2.45, 2.75) is 12.5 Å². The van der Waals surface area contributed by atoms with Crippen LogP contribution < -0.4 is 0 Å². The van der Waals surface area contributed by atoms with Crippen molar-refractivity contribution in [3.8, 4) is 0 Å². The summed E-state index contributed by atoms with van der Waals surface area (Å²) in [4.78, 5) is 38.2. The first-order valence-corrected chi connectivity index (χ1v) is 15.2. The molecule has 226 valence electrons. The number of likely N-dealkylation sites (N-methyl/N-ethyl adjacent to an activating group) is 2. The average molecular weight is 720 g/mol. The van der Waals surface area contributed by atoms with Crippen molar-refractivity contribution in [3.63, 3.8) is 0 Å². The fourth-order valence-electron chi connectivity index (χ4n) is 4.25. The zero-order valence-electron chi connectivity index (χ0n) is 24.7. The molecule has 0 spiro atoms. The van der Waals surface area contributed by atoms with E-state index in [4.69, 9.17) is 9.47 Å². The van der Waals surface area contributed by atoms with Gasteiger partial charge in [0.15, 0.2) is 12.5 Å². The van der Waals surface area contributed by atoms with E-state index < -0.39 is 24.4 Å². The van der Waals surface area contributed by atoms with Crippen LogP contribution in [0.5, 0.6) is 0 Å². The molecule has 44 heavy (non-hydrogen) atoms. The molecule has 2 aromatic carbocycles. The normalized spacial score (nSPS) is 13.5. The lowest BCUT2D eigenvalue weighted by Gasteiger charge is -2.25. The number of pyridine rings is 2. The number of benzene rings is 2. The second-order valence-electron chi connectivity index (χ2n) is 10.2. The summed E-state index contributed by atoms with van der Waals surface area (Å²) in [6, 6.07) is 23.0. The summed E-state index contributed by atoms with van der Waals surface area (Å²) in [6.45, 7) is 0. The molecule has 8 nitrogen and oxygen atoms in total. The van der Waals surface area contributed by atoms with Crippen LogP contribution in [0.1, 0.15) is 22.3 Å². The number of aromatic nitrogens is 2. The first kappa shape index (κ1) is 32.9. The molecule has 0 N–H and O–H groups in total. The van der Waals surface area contributed by atoms with E-state index in [0.29, 0.717) is 0 Å². The molecule has 0 saturated carbocycles. The summed E-state index contributed by atoms with van der Waals surface area (Å²) >= 11 is 7.06. The highest BCUT2D eigenvalue weighted by Gasteiger charge is 2.27.